The fourth-order valence-electron chi connectivity index (χ4n) is 2.94. The van der Waals surface area contributed by atoms with Crippen molar-refractivity contribution in [2.24, 2.45) is 0 Å². The van der Waals surface area contributed by atoms with Crippen LogP contribution in [0.4, 0.5) is 0 Å². The van der Waals surface area contributed by atoms with Gasteiger partial charge in [-0.25, -0.2) is 4.98 Å². The summed E-state index contributed by atoms with van der Waals surface area (Å²) in [6, 6.07) is 2.90. The molecule has 3 rings (SSSR count). The highest BCUT2D eigenvalue weighted by Gasteiger charge is 2.32. The van der Waals surface area contributed by atoms with Gasteiger partial charge in [0.25, 0.3) is 0 Å². The summed E-state index contributed by atoms with van der Waals surface area (Å²) in [6.45, 7) is 0. The van der Waals surface area contributed by atoms with Crippen LogP contribution in [-0.4, -0.2) is 23.2 Å². The van der Waals surface area contributed by atoms with Gasteiger partial charge in [-0.05, 0) is 25.7 Å². The minimum atomic E-state index is 0.242. The number of nitrogens with zero attached hydrogens (tertiary/aromatic N) is 1. The van der Waals surface area contributed by atoms with Gasteiger partial charge in [0, 0.05) is 18.2 Å². The Morgan fingerprint density at radius 3 is 2.56 bits per heavy atom. The molecule has 2 aliphatic heterocycles. The second kappa shape index (κ2) is 5.24. The summed E-state index contributed by atoms with van der Waals surface area (Å²) in [4.78, 5) is 4.17. The van der Waals surface area contributed by atoms with E-state index in [-0.39, 0.29) is 6.10 Å². The smallest absolute Gasteiger partial charge is 0.215 e. The van der Waals surface area contributed by atoms with Crippen LogP contribution in [0, 0.1) is 0 Å². The van der Waals surface area contributed by atoms with E-state index in [4.69, 9.17) is 27.9 Å². The molecule has 0 aliphatic carbocycles. The first kappa shape index (κ1) is 12.5. The quantitative estimate of drug-likeness (QED) is 0.904. The zero-order valence-corrected chi connectivity index (χ0v) is 11.5. The van der Waals surface area contributed by atoms with Crippen molar-refractivity contribution in [3.63, 3.8) is 0 Å². The van der Waals surface area contributed by atoms with Crippen molar-refractivity contribution in [3.8, 4) is 5.88 Å². The van der Waals surface area contributed by atoms with Crippen molar-refractivity contribution in [1.29, 1.82) is 0 Å². The van der Waals surface area contributed by atoms with Gasteiger partial charge in [0.1, 0.15) is 6.10 Å². The predicted octanol–water partition coefficient (Wildman–Crippen LogP) is 3.44. The van der Waals surface area contributed by atoms with Gasteiger partial charge >= 0.3 is 0 Å². The zero-order chi connectivity index (χ0) is 12.5. The summed E-state index contributed by atoms with van der Waals surface area (Å²) >= 11 is 11.8. The zero-order valence-electron chi connectivity index (χ0n) is 10.0. The van der Waals surface area contributed by atoms with Crippen LogP contribution < -0.4 is 10.1 Å². The van der Waals surface area contributed by atoms with Crippen molar-refractivity contribution in [2.45, 2.75) is 50.3 Å². The lowest BCUT2D eigenvalue weighted by molar-refractivity contribution is 0.0890. The summed E-state index contributed by atoms with van der Waals surface area (Å²) in [5, 5.41) is 4.60. The largest absolute Gasteiger partial charge is 0.474 e. The van der Waals surface area contributed by atoms with Crippen LogP contribution in [0.3, 0.4) is 0 Å². The molecule has 3 nitrogen and oxygen atoms in total. The van der Waals surface area contributed by atoms with Crippen molar-refractivity contribution < 1.29 is 4.74 Å². The van der Waals surface area contributed by atoms with Gasteiger partial charge in [0.2, 0.25) is 5.88 Å². The van der Waals surface area contributed by atoms with Gasteiger partial charge in [-0.1, -0.05) is 29.6 Å². The van der Waals surface area contributed by atoms with E-state index in [2.05, 4.69) is 10.3 Å². The van der Waals surface area contributed by atoms with Crippen molar-refractivity contribution in [1.82, 2.24) is 10.3 Å². The van der Waals surface area contributed by atoms with Crippen molar-refractivity contribution >= 4 is 23.2 Å². The van der Waals surface area contributed by atoms with Gasteiger partial charge < -0.3 is 10.1 Å². The van der Waals surface area contributed by atoms with E-state index in [9.17, 15) is 0 Å². The van der Waals surface area contributed by atoms with Gasteiger partial charge in [-0.15, -0.1) is 0 Å². The SMILES string of the molecule is Clc1cnc(OC2C[C@H]3CCC[C@@H](C2)N3)cc1Cl. The van der Waals surface area contributed by atoms with E-state index < -0.39 is 0 Å². The molecule has 0 amide bonds. The minimum Gasteiger partial charge on any atom is -0.474 e. The molecule has 0 aromatic carbocycles. The molecule has 2 bridgehead atoms. The second-order valence-electron chi connectivity index (χ2n) is 5.14. The Morgan fingerprint density at radius 2 is 1.89 bits per heavy atom. The Bertz CT molecular complexity index is 429. The molecule has 2 aliphatic rings. The lowest BCUT2D eigenvalue weighted by Gasteiger charge is -2.40. The van der Waals surface area contributed by atoms with Crippen LogP contribution in [0.15, 0.2) is 12.3 Å². The third-order valence-electron chi connectivity index (χ3n) is 3.74. The highest BCUT2D eigenvalue weighted by atomic mass is 35.5. The summed E-state index contributed by atoms with van der Waals surface area (Å²) < 4.78 is 5.93. The molecule has 5 heteroatoms. The minimum absolute atomic E-state index is 0.242. The first-order valence-corrected chi connectivity index (χ1v) is 7.20. The number of ether oxygens (including phenoxy) is 1. The number of fused-ring (bicyclic) bond motifs is 2. The van der Waals surface area contributed by atoms with Gasteiger partial charge in [-0.2, -0.15) is 0 Å². The van der Waals surface area contributed by atoms with Crippen LogP contribution in [0.5, 0.6) is 5.88 Å². The molecule has 2 fully saturated rings. The standard InChI is InChI=1S/C13H16Cl2N2O/c14-11-6-13(16-7-12(11)15)18-10-4-8-2-1-3-9(5-10)17-8/h6-10,17H,1-5H2/t8-,9+,10?. The molecule has 1 aromatic rings. The molecule has 2 saturated heterocycles. The number of rotatable bonds is 2. The van der Waals surface area contributed by atoms with Crippen molar-refractivity contribution in [2.75, 3.05) is 0 Å². The number of hydrogen-bond acceptors (Lipinski definition) is 3. The van der Waals surface area contributed by atoms with Gasteiger partial charge in [-0.3, -0.25) is 0 Å². The van der Waals surface area contributed by atoms with Gasteiger partial charge in [0.05, 0.1) is 16.2 Å². The van der Waals surface area contributed by atoms with E-state index in [1.165, 1.54) is 19.3 Å². The molecule has 3 atom stereocenters. The van der Waals surface area contributed by atoms with Gasteiger partial charge in [0.15, 0.2) is 0 Å². The van der Waals surface area contributed by atoms with Crippen LogP contribution in [-0.2, 0) is 0 Å². The number of nitrogens with one attached hydrogen (secondary N) is 1. The van der Waals surface area contributed by atoms with Crippen LogP contribution in [0.2, 0.25) is 10.0 Å². The maximum absolute atomic E-state index is 5.96. The lowest BCUT2D eigenvalue weighted by atomic mass is 9.85. The van der Waals surface area contributed by atoms with E-state index >= 15 is 0 Å². The number of aromatic nitrogens is 1. The summed E-state index contributed by atoms with van der Waals surface area (Å²) in [5.74, 6) is 0.578. The summed E-state index contributed by atoms with van der Waals surface area (Å²) in [5.41, 5.74) is 0. The Hall–Kier alpha value is -0.510. The van der Waals surface area contributed by atoms with E-state index in [1.54, 1.807) is 12.3 Å². The first-order valence-electron chi connectivity index (χ1n) is 6.44. The number of hydrogen-bond donors (Lipinski definition) is 1. The van der Waals surface area contributed by atoms with Crippen LogP contribution >= 0.6 is 23.2 Å². The van der Waals surface area contributed by atoms with E-state index in [1.807, 2.05) is 0 Å². The molecule has 0 saturated carbocycles. The Labute approximate surface area is 117 Å². The molecule has 18 heavy (non-hydrogen) atoms. The predicted molar refractivity (Wildman–Crippen MR) is 72.5 cm³/mol. The maximum Gasteiger partial charge on any atom is 0.215 e. The normalized spacial score (nSPS) is 31.1. The molecular weight excluding hydrogens is 271 g/mol. The molecule has 3 heterocycles. The van der Waals surface area contributed by atoms with Crippen LogP contribution in [0.25, 0.3) is 0 Å². The van der Waals surface area contributed by atoms with Crippen molar-refractivity contribution in [3.05, 3.63) is 22.3 Å². The maximum atomic E-state index is 5.96. The monoisotopic (exact) mass is 286 g/mol. The Morgan fingerprint density at radius 1 is 1.17 bits per heavy atom. The lowest BCUT2D eigenvalue weighted by Crippen LogP contribution is -2.51. The molecule has 1 unspecified atom stereocenters. The number of halogens is 2. The fraction of sp³-hybridized carbons (Fsp3) is 0.615. The number of piperidine rings is 2. The molecule has 0 radical (unpaired) electrons. The summed E-state index contributed by atoms with van der Waals surface area (Å²) in [6.07, 6.45) is 7.74. The highest BCUT2D eigenvalue weighted by Crippen LogP contribution is 2.30. The Balaban J connectivity index is 1.67. The average molecular weight is 287 g/mol. The molecule has 1 N–H and O–H groups in total. The number of pyridine rings is 1. The summed E-state index contributed by atoms with van der Waals surface area (Å²) in [7, 11) is 0. The van der Waals surface area contributed by atoms with E-state index in [0.717, 1.165) is 12.8 Å². The third kappa shape index (κ3) is 2.73. The Kier molecular flexibility index (Phi) is 3.64. The molecule has 1 aromatic heterocycles. The highest BCUT2D eigenvalue weighted by molar-refractivity contribution is 6.41. The third-order valence-corrected chi connectivity index (χ3v) is 4.45. The molecule has 0 spiro atoms. The van der Waals surface area contributed by atoms with Crippen LogP contribution in [0.1, 0.15) is 32.1 Å². The fourth-order valence-corrected chi connectivity index (χ4v) is 3.19. The molecular formula is C13H16Cl2N2O. The van der Waals surface area contributed by atoms with E-state index in [0.29, 0.717) is 28.0 Å². The molecule has 98 valence electrons. The first-order chi connectivity index (χ1) is 8.70. The average Bonchev–Trinajstić information content (AvgIpc) is 2.33. The second-order valence-corrected chi connectivity index (χ2v) is 5.95. The topological polar surface area (TPSA) is 34.1 Å².